The zero-order chi connectivity index (χ0) is 14.3. The second kappa shape index (κ2) is 4.73. The molecule has 3 aliphatic rings. The predicted molar refractivity (Wildman–Crippen MR) is 70.5 cm³/mol. The van der Waals surface area contributed by atoms with Crippen molar-refractivity contribution >= 4 is 17.8 Å². The number of hydrogen-bond acceptors (Lipinski definition) is 4. The molecule has 4 amide bonds. The standard InChI is InChI=1S/C13H20N4O3/c14-9-3-1-2-8(9)10(18)17-6-4-13(5-7-17)11(19)15-12(20)16-13/h8-9H,1-7,14H2,(H2,15,16,19,20). The number of carbonyl (C=O) groups is 3. The average Bonchev–Trinajstić information content (AvgIpc) is 2.95. The summed E-state index contributed by atoms with van der Waals surface area (Å²) in [4.78, 5) is 37.3. The Labute approximate surface area is 117 Å². The summed E-state index contributed by atoms with van der Waals surface area (Å²) in [5.74, 6) is -0.238. The molecule has 0 aromatic rings. The fraction of sp³-hybridized carbons (Fsp3) is 0.769. The van der Waals surface area contributed by atoms with Gasteiger partial charge in [-0.2, -0.15) is 0 Å². The van der Waals surface area contributed by atoms with Crippen molar-refractivity contribution in [3.8, 4) is 0 Å². The minimum Gasteiger partial charge on any atom is -0.342 e. The molecule has 1 saturated carbocycles. The van der Waals surface area contributed by atoms with Gasteiger partial charge in [0.1, 0.15) is 5.54 Å². The molecule has 0 radical (unpaired) electrons. The fourth-order valence-electron chi connectivity index (χ4n) is 3.52. The van der Waals surface area contributed by atoms with Gasteiger partial charge in [0, 0.05) is 19.1 Å². The van der Waals surface area contributed by atoms with E-state index >= 15 is 0 Å². The maximum Gasteiger partial charge on any atom is 0.322 e. The quantitative estimate of drug-likeness (QED) is 0.553. The molecule has 2 unspecified atom stereocenters. The van der Waals surface area contributed by atoms with Gasteiger partial charge in [-0.3, -0.25) is 14.9 Å². The van der Waals surface area contributed by atoms with Gasteiger partial charge in [-0.1, -0.05) is 6.42 Å². The van der Waals surface area contributed by atoms with Gasteiger partial charge in [0.25, 0.3) is 5.91 Å². The average molecular weight is 280 g/mol. The lowest BCUT2D eigenvalue weighted by Crippen LogP contribution is -2.57. The highest BCUT2D eigenvalue weighted by Crippen LogP contribution is 2.30. The van der Waals surface area contributed by atoms with Crippen LogP contribution in [0.5, 0.6) is 0 Å². The highest BCUT2D eigenvalue weighted by atomic mass is 16.2. The molecule has 2 atom stereocenters. The SMILES string of the molecule is NC1CCCC1C(=O)N1CCC2(CC1)NC(=O)NC2=O. The molecule has 20 heavy (non-hydrogen) atoms. The van der Waals surface area contributed by atoms with E-state index in [1.165, 1.54) is 0 Å². The van der Waals surface area contributed by atoms with Gasteiger partial charge in [0.05, 0.1) is 5.92 Å². The van der Waals surface area contributed by atoms with E-state index in [0.717, 1.165) is 19.3 Å². The van der Waals surface area contributed by atoms with Crippen molar-refractivity contribution in [1.82, 2.24) is 15.5 Å². The zero-order valence-corrected chi connectivity index (χ0v) is 11.4. The molecule has 0 bridgehead atoms. The summed E-state index contributed by atoms with van der Waals surface area (Å²) >= 11 is 0. The van der Waals surface area contributed by atoms with Gasteiger partial charge in [-0.15, -0.1) is 0 Å². The van der Waals surface area contributed by atoms with Crippen LogP contribution < -0.4 is 16.4 Å². The number of nitrogens with zero attached hydrogens (tertiary/aromatic N) is 1. The van der Waals surface area contributed by atoms with Gasteiger partial charge < -0.3 is 16.0 Å². The van der Waals surface area contributed by atoms with E-state index in [0.29, 0.717) is 25.9 Å². The van der Waals surface area contributed by atoms with Crippen LogP contribution in [0.25, 0.3) is 0 Å². The molecule has 7 nitrogen and oxygen atoms in total. The predicted octanol–water partition coefficient (Wildman–Crippen LogP) is -0.686. The van der Waals surface area contributed by atoms with Crippen LogP contribution in [0.15, 0.2) is 0 Å². The number of amides is 4. The largest absolute Gasteiger partial charge is 0.342 e. The van der Waals surface area contributed by atoms with Crippen LogP contribution in [-0.2, 0) is 9.59 Å². The lowest BCUT2D eigenvalue weighted by molar-refractivity contribution is -0.139. The molecule has 3 fully saturated rings. The van der Waals surface area contributed by atoms with Crippen LogP contribution >= 0.6 is 0 Å². The molecule has 2 heterocycles. The summed E-state index contributed by atoms with van der Waals surface area (Å²) in [6, 6.07) is -0.472. The molecule has 2 saturated heterocycles. The third kappa shape index (κ3) is 2.06. The van der Waals surface area contributed by atoms with Crippen molar-refractivity contribution < 1.29 is 14.4 Å². The molecule has 2 aliphatic heterocycles. The number of piperidine rings is 1. The van der Waals surface area contributed by atoms with Crippen LogP contribution in [0.2, 0.25) is 0 Å². The van der Waals surface area contributed by atoms with Crippen LogP contribution in [0.3, 0.4) is 0 Å². The number of carbonyl (C=O) groups excluding carboxylic acids is 3. The van der Waals surface area contributed by atoms with Gasteiger partial charge in [0.2, 0.25) is 5.91 Å². The first-order valence-electron chi connectivity index (χ1n) is 7.20. The Morgan fingerprint density at radius 1 is 1.25 bits per heavy atom. The van der Waals surface area contributed by atoms with Crippen LogP contribution in [0.1, 0.15) is 32.1 Å². The van der Waals surface area contributed by atoms with Crippen molar-refractivity contribution in [2.75, 3.05) is 13.1 Å². The van der Waals surface area contributed by atoms with Crippen molar-refractivity contribution in [2.45, 2.75) is 43.7 Å². The molecule has 0 aromatic carbocycles. The number of nitrogens with one attached hydrogen (secondary N) is 2. The van der Waals surface area contributed by atoms with E-state index in [1.54, 1.807) is 4.90 Å². The lowest BCUT2D eigenvalue weighted by atomic mass is 9.87. The maximum absolute atomic E-state index is 12.4. The molecule has 1 aliphatic carbocycles. The number of imide groups is 1. The third-order valence-electron chi connectivity index (χ3n) is 4.83. The molecule has 3 rings (SSSR count). The van der Waals surface area contributed by atoms with E-state index in [4.69, 9.17) is 5.73 Å². The topological polar surface area (TPSA) is 105 Å². The van der Waals surface area contributed by atoms with E-state index in [9.17, 15) is 14.4 Å². The van der Waals surface area contributed by atoms with Gasteiger partial charge >= 0.3 is 6.03 Å². The minimum atomic E-state index is -0.814. The maximum atomic E-state index is 12.4. The van der Waals surface area contributed by atoms with Gasteiger partial charge in [-0.25, -0.2) is 4.79 Å². The van der Waals surface area contributed by atoms with Crippen LogP contribution in [-0.4, -0.2) is 47.4 Å². The number of hydrogen-bond donors (Lipinski definition) is 3. The molecule has 1 spiro atoms. The molecule has 0 aromatic heterocycles. The molecule has 7 heteroatoms. The highest BCUT2D eigenvalue weighted by Gasteiger charge is 2.49. The molecular weight excluding hydrogens is 260 g/mol. The first-order valence-corrected chi connectivity index (χ1v) is 7.20. The Balaban J connectivity index is 1.63. The van der Waals surface area contributed by atoms with E-state index in [-0.39, 0.29) is 23.8 Å². The van der Waals surface area contributed by atoms with Crippen LogP contribution in [0.4, 0.5) is 4.79 Å². The van der Waals surface area contributed by atoms with Crippen LogP contribution in [0, 0.1) is 5.92 Å². The molecular formula is C13H20N4O3. The van der Waals surface area contributed by atoms with Crippen molar-refractivity contribution in [3.63, 3.8) is 0 Å². The fourth-order valence-corrected chi connectivity index (χ4v) is 3.52. The Morgan fingerprint density at radius 3 is 2.45 bits per heavy atom. The second-order valence-electron chi connectivity index (χ2n) is 6.02. The Kier molecular flexibility index (Phi) is 3.16. The summed E-state index contributed by atoms with van der Waals surface area (Å²) < 4.78 is 0. The summed E-state index contributed by atoms with van der Waals surface area (Å²) in [5.41, 5.74) is 5.16. The Bertz CT molecular complexity index is 457. The van der Waals surface area contributed by atoms with Crippen molar-refractivity contribution in [1.29, 1.82) is 0 Å². The van der Waals surface area contributed by atoms with E-state index < -0.39 is 11.6 Å². The van der Waals surface area contributed by atoms with Gasteiger partial charge in [-0.05, 0) is 25.7 Å². The molecule has 110 valence electrons. The first-order chi connectivity index (χ1) is 9.52. The monoisotopic (exact) mass is 280 g/mol. The van der Waals surface area contributed by atoms with Crippen molar-refractivity contribution in [3.05, 3.63) is 0 Å². The Hall–Kier alpha value is -1.63. The molecule has 4 N–H and O–H groups in total. The lowest BCUT2D eigenvalue weighted by Gasteiger charge is -2.38. The van der Waals surface area contributed by atoms with Crippen molar-refractivity contribution in [2.24, 2.45) is 11.7 Å². The number of nitrogens with two attached hydrogens (primary N) is 1. The highest BCUT2D eigenvalue weighted by molar-refractivity contribution is 6.07. The third-order valence-corrected chi connectivity index (χ3v) is 4.83. The van der Waals surface area contributed by atoms with E-state index in [2.05, 4.69) is 10.6 Å². The Morgan fingerprint density at radius 2 is 1.95 bits per heavy atom. The first kappa shape index (κ1) is 13.4. The summed E-state index contributed by atoms with van der Waals surface area (Å²) in [5, 5.41) is 4.97. The normalized spacial score (nSPS) is 32.4. The zero-order valence-electron chi connectivity index (χ0n) is 11.4. The number of likely N-dealkylation sites (tertiary alicyclic amines) is 1. The van der Waals surface area contributed by atoms with Gasteiger partial charge in [0.15, 0.2) is 0 Å². The summed E-state index contributed by atoms with van der Waals surface area (Å²) in [7, 11) is 0. The summed E-state index contributed by atoms with van der Waals surface area (Å²) in [6.07, 6.45) is 3.72. The van der Waals surface area contributed by atoms with E-state index in [1.807, 2.05) is 0 Å². The minimum absolute atomic E-state index is 0.0344. The summed E-state index contributed by atoms with van der Waals surface area (Å²) in [6.45, 7) is 0.992. The number of urea groups is 1. The number of rotatable bonds is 1. The second-order valence-corrected chi connectivity index (χ2v) is 6.02. The smallest absolute Gasteiger partial charge is 0.322 e.